The number of rotatable bonds is 5. The highest BCUT2D eigenvalue weighted by Crippen LogP contribution is 2.48. The number of hydrogen-bond donors (Lipinski definition) is 1. The maximum atomic E-state index is 3.76. The molecule has 0 aromatic heterocycles. The summed E-state index contributed by atoms with van der Waals surface area (Å²) in [6.07, 6.45) is 0.0161. The molecule has 0 saturated carbocycles. The van der Waals surface area contributed by atoms with Gasteiger partial charge in [-0.15, -0.1) is 0 Å². The van der Waals surface area contributed by atoms with Crippen LogP contribution in [0, 0.1) is 0 Å². The summed E-state index contributed by atoms with van der Waals surface area (Å²) in [4.78, 5) is 2.41. The van der Waals surface area contributed by atoms with Crippen LogP contribution in [0.4, 0.5) is 17.1 Å². The highest BCUT2D eigenvalue weighted by Gasteiger charge is 2.31. The topological polar surface area (TPSA) is 15.3 Å². The fraction of sp³-hybridized carbons (Fsp3) is 0.0204. The number of nitrogens with zero attached hydrogens (tertiary/aromatic N) is 1. The van der Waals surface area contributed by atoms with Crippen LogP contribution in [0.1, 0.15) is 11.7 Å². The average Bonchev–Trinajstić information content (AvgIpc) is 3.60. The second kappa shape index (κ2) is 12.0. The number of nitrogens with one attached hydrogen (secondary N) is 1. The van der Waals surface area contributed by atoms with Gasteiger partial charge in [-0.05, 0) is 95.5 Å². The smallest absolute Gasteiger partial charge is 0.130 e. The number of anilines is 3. The molecule has 51 heavy (non-hydrogen) atoms. The van der Waals surface area contributed by atoms with Gasteiger partial charge in [-0.3, -0.25) is 0 Å². The molecule has 0 bridgehead atoms. The summed E-state index contributed by atoms with van der Waals surface area (Å²) in [5.74, 6) is 0. The van der Waals surface area contributed by atoms with Crippen LogP contribution < -0.4 is 10.2 Å². The van der Waals surface area contributed by atoms with Gasteiger partial charge < -0.3 is 10.2 Å². The molecule has 0 radical (unpaired) electrons. The largest absolute Gasteiger partial charge is 0.359 e. The number of hydrogen-bond acceptors (Lipinski definition) is 2. The van der Waals surface area contributed by atoms with Gasteiger partial charge in [-0.1, -0.05) is 170 Å². The van der Waals surface area contributed by atoms with Gasteiger partial charge in [0.1, 0.15) is 6.17 Å². The third-order valence-corrected chi connectivity index (χ3v) is 10.5. The van der Waals surface area contributed by atoms with Gasteiger partial charge in [0, 0.05) is 5.69 Å². The second-order valence-corrected chi connectivity index (χ2v) is 13.3. The fourth-order valence-electron chi connectivity index (χ4n) is 8.15. The summed E-state index contributed by atoms with van der Waals surface area (Å²) >= 11 is 0. The summed E-state index contributed by atoms with van der Waals surface area (Å²) in [6, 6.07) is 70.6. The number of para-hydroxylation sites is 2. The van der Waals surface area contributed by atoms with E-state index in [0.717, 1.165) is 11.4 Å². The summed E-state index contributed by atoms with van der Waals surface area (Å²) in [5, 5.41) is 11.3. The zero-order valence-electron chi connectivity index (χ0n) is 28.0. The van der Waals surface area contributed by atoms with Crippen LogP contribution in [-0.4, -0.2) is 0 Å². The zero-order chi connectivity index (χ0) is 33.7. The molecule has 9 aromatic rings. The molecule has 1 aliphatic heterocycles. The first-order chi connectivity index (χ1) is 25.3. The summed E-state index contributed by atoms with van der Waals surface area (Å²) in [6.45, 7) is 0. The Balaban J connectivity index is 1.09. The summed E-state index contributed by atoms with van der Waals surface area (Å²) < 4.78 is 0. The van der Waals surface area contributed by atoms with E-state index in [2.05, 4.69) is 204 Å². The van der Waals surface area contributed by atoms with Gasteiger partial charge in [0.05, 0.1) is 11.4 Å². The molecule has 10 rings (SSSR count). The van der Waals surface area contributed by atoms with E-state index in [1.54, 1.807) is 0 Å². The SMILES string of the molecule is c1ccc(C2Nc3ccccc3N2c2ccc(-c3c4ccccc4c(-c4ccc(-c5cccc6ccccc56)cc4)c4ccccc34)cc2)cc1. The second-order valence-electron chi connectivity index (χ2n) is 13.3. The monoisotopic (exact) mass is 650 g/mol. The molecular weight excluding hydrogens is 617 g/mol. The molecule has 9 aromatic carbocycles. The molecule has 1 heterocycles. The van der Waals surface area contributed by atoms with Crippen LogP contribution in [0.5, 0.6) is 0 Å². The summed E-state index contributed by atoms with van der Waals surface area (Å²) in [5.41, 5.74) is 12.2. The average molecular weight is 651 g/mol. The first-order valence-electron chi connectivity index (χ1n) is 17.6. The van der Waals surface area contributed by atoms with Crippen molar-refractivity contribution < 1.29 is 0 Å². The van der Waals surface area contributed by atoms with Gasteiger partial charge in [0.2, 0.25) is 0 Å². The molecule has 1 atom stereocenters. The minimum Gasteiger partial charge on any atom is -0.359 e. The van der Waals surface area contributed by atoms with E-state index in [1.165, 1.54) is 76.9 Å². The van der Waals surface area contributed by atoms with Gasteiger partial charge in [-0.25, -0.2) is 0 Å². The maximum Gasteiger partial charge on any atom is 0.130 e. The maximum absolute atomic E-state index is 3.76. The molecule has 0 fully saturated rings. The lowest BCUT2D eigenvalue weighted by molar-refractivity contribution is 0.828. The van der Waals surface area contributed by atoms with Crippen LogP contribution in [0.3, 0.4) is 0 Å². The zero-order valence-corrected chi connectivity index (χ0v) is 28.0. The Hall–Kier alpha value is -6.64. The predicted octanol–water partition coefficient (Wildman–Crippen LogP) is 13.4. The van der Waals surface area contributed by atoms with E-state index in [9.17, 15) is 0 Å². The van der Waals surface area contributed by atoms with Crippen LogP contribution in [0.15, 0.2) is 194 Å². The first kappa shape index (κ1) is 29.3. The Bertz CT molecular complexity index is 2650. The lowest BCUT2D eigenvalue weighted by Crippen LogP contribution is -2.23. The van der Waals surface area contributed by atoms with Crippen molar-refractivity contribution in [2.45, 2.75) is 6.17 Å². The Labute approximate surface area is 297 Å². The van der Waals surface area contributed by atoms with Gasteiger partial charge in [-0.2, -0.15) is 0 Å². The quantitative estimate of drug-likeness (QED) is 0.187. The van der Waals surface area contributed by atoms with E-state index in [0.29, 0.717) is 0 Å². The predicted molar refractivity (Wildman–Crippen MR) is 217 cm³/mol. The Morgan fingerprint density at radius 2 is 0.863 bits per heavy atom. The molecule has 1 aliphatic rings. The van der Waals surface area contributed by atoms with Crippen molar-refractivity contribution in [2.75, 3.05) is 10.2 Å². The fourth-order valence-corrected chi connectivity index (χ4v) is 8.15. The number of fused-ring (bicyclic) bond motifs is 4. The number of benzene rings is 9. The van der Waals surface area contributed by atoms with Crippen LogP contribution in [-0.2, 0) is 0 Å². The lowest BCUT2D eigenvalue weighted by atomic mass is 9.85. The molecule has 240 valence electrons. The van der Waals surface area contributed by atoms with Crippen molar-refractivity contribution in [3.05, 3.63) is 200 Å². The van der Waals surface area contributed by atoms with Crippen molar-refractivity contribution in [3.8, 4) is 33.4 Å². The van der Waals surface area contributed by atoms with Crippen molar-refractivity contribution in [1.82, 2.24) is 0 Å². The van der Waals surface area contributed by atoms with Crippen molar-refractivity contribution in [3.63, 3.8) is 0 Å². The van der Waals surface area contributed by atoms with Crippen LogP contribution in [0.2, 0.25) is 0 Å². The highest BCUT2D eigenvalue weighted by atomic mass is 15.3. The van der Waals surface area contributed by atoms with Gasteiger partial charge in [0.15, 0.2) is 0 Å². The van der Waals surface area contributed by atoms with Crippen molar-refractivity contribution in [1.29, 1.82) is 0 Å². The molecule has 0 saturated heterocycles. The normalized spacial score (nSPS) is 13.8. The van der Waals surface area contributed by atoms with E-state index < -0.39 is 0 Å². The van der Waals surface area contributed by atoms with Crippen LogP contribution >= 0.6 is 0 Å². The van der Waals surface area contributed by atoms with E-state index in [1.807, 2.05) is 0 Å². The molecule has 2 heteroatoms. The Morgan fingerprint density at radius 1 is 0.373 bits per heavy atom. The molecule has 0 amide bonds. The van der Waals surface area contributed by atoms with Crippen molar-refractivity contribution in [2.24, 2.45) is 0 Å². The Kier molecular flexibility index (Phi) is 6.92. The van der Waals surface area contributed by atoms with E-state index >= 15 is 0 Å². The van der Waals surface area contributed by atoms with E-state index in [-0.39, 0.29) is 6.17 Å². The van der Waals surface area contributed by atoms with Crippen LogP contribution in [0.25, 0.3) is 65.7 Å². The standard InChI is InChI=1S/C49H34N2/c1-2-14-37(15-3-1)49-50-45-23-10-11-24-46(45)51(49)38-31-29-36(30-32-38)48-43-20-8-6-18-41(43)47(42-19-7-9-21-44(42)48)35-27-25-34(26-28-35)40-22-12-16-33-13-4-5-17-39(33)40/h1-32,49-50H. The highest BCUT2D eigenvalue weighted by molar-refractivity contribution is 6.21. The first-order valence-corrected chi connectivity index (χ1v) is 17.6. The van der Waals surface area contributed by atoms with Crippen molar-refractivity contribution >= 4 is 49.4 Å². The molecular formula is C49H34N2. The molecule has 1 N–H and O–H groups in total. The minimum absolute atomic E-state index is 0.0161. The van der Waals surface area contributed by atoms with Gasteiger partial charge >= 0.3 is 0 Å². The summed E-state index contributed by atoms with van der Waals surface area (Å²) in [7, 11) is 0. The molecule has 0 aliphatic carbocycles. The molecule has 0 spiro atoms. The minimum atomic E-state index is 0.0161. The lowest BCUT2D eigenvalue weighted by Gasteiger charge is -2.27. The van der Waals surface area contributed by atoms with E-state index in [4.69, 9.17) is 0 Å². The third-order valence-electron chi connectivity index (χ3n) is 10.5. The van der Waals surface area contributed by atoms with Gasteiger partial charge in [0.25, 0.3) is 0 Å². The third kappa shape index (κ3) is 4.87. The molecule has 2 nitrogen and oxygen atoms in total. The molecule has 1 unspecified atom stereocenters. The Morgan fingerprint density at radius 3 is 1.51 bits per heavy atom.